The Morgan fingerprint density at radius 3 is 3.15 bits per heavy atom. The number of thiophene rings is 1. The van der Waals surface area contributed by atoms with Crippen LogP contribution in [0.1, 0.15) is 23.8 Å². The van der Waals surface area contributed by atoms with Crippen molar-refractivity contribution in [3.8, 4) is 0 Å². The van der Waals surface area contributed by atoms with Gasteiger partial charge in [-0.15, -0.1) is 35.3 Å². The fourth-order valence-corrected chi connectivity index (χ4v) is 2.91. The van der Waals surface area contributed by atoms with E-state index in [-0.39, 0.29) is 36.4 Å². The number of carbonyl (C=O) groups excluding carboxylic acids is 1. The van der Waals surface area contributed by atoms with E-state index < -0.39 is 0 Å². The Morgan fingerprint density at radius 2 is 2.40 bits per heavy atom. The second kappa shape index (κ2) is 8.46. The fourth-order valence-electron chi connectivity index (χ4n) is 2.02. The molecule has 0 bridgehead atoms. The van der Waals surface area contributed by atoms with Crippen LogP contribution in [0.15, 0.2) is 16.4 Å². The normalized spacial score (nSPS) is 14.4. The molecule has 112 valence electrons. The Morgan fingerprint density at radius 1 is 1.60 bits per heavy atom. The van der Waals surface area contributed by atoms with Gasteiger partial charge in [0.2, 0.25) is 5.91 Å². The largest absolute Gasteiger partial charge is 0.370 e. The highest BCUT2D eigenvalue weighted by atomic mass is 127. The average Bonchev–Trinajstić information content (AvgIpc) is 2.89. The molecule has 1 amide bonds. The lowest BCUT2D eigenvalue weighted by atomic mass is 10.1. The summed E-state index contributed by atoms with van der Waals surface area (Å²) in [5.41, 5.74) is 6.94. The van der Waals surface area contributed by atoms with Crippen LogP contribution in [-0.2, 0) is 17.8 Å². The van der Waals surface area contributed by atoms with Gasteiger partial charge in [-0.3, -0.25) is 4.79 Å². The Bertz CT molecular complexity index is 475. The van der Waals surface area contributed by atoms with Gasteiger partial charge in [0.05, 0.1) is 0 Å². The zero-order valence-corrected chi connectivity index (χ0v) is 14.7. The molecule has 1 aromatic rings. The van der Waals surface area contributed by atoms with Crippen LogP contribution < -0.4 is 11.1 Å². The molecule has 1 aliphatic rings. The molecule has 0 fully saturated rings. The SMILES string of the molecule is CCCNC(N)=NCC(=O)N1CCc2sccc2C1.I. The van der Waals surface area contributed by atoms with Crippen molar-refractivity contribution in [2.75, 3.05) is 19.6 Å². The number of hydrogen-bond acceptors (Lipinski definition) is 3. The molecule has 0 aromatic carbocycles. The predicted molar refractivity (Wildman–Crippen MR) is 93.6 cm³/mol. The maximum Gasteiger partial charge on any atom is 0.244 e. The fraction of sp³-hybridized carbons (Fsp3) is 0.538. The number of carbonyl (C=O) groups is 1. The smallest absolute Gasteiger partial charge is 0.244 e. The van der Waals surface area contributed by atoms with E-state index in [1.807, 2.05) is 4.90 Å². The van der Waals surface area contributed by atoms with Crippen LogP contribution in [0.3, 0.4) is 0 Å². The van der Waals surface area contributed by atoms with Crippen molar-refractivity contribution in [1.82, 2.24) is 10.2 Å². The van der Waals surface area contributed by atoms with Crippen LogP contribution >= 0.6 is 35.3 Å². The van der Waals surface area contributed by atoms with Gasteiger partial charge in [0, 0.05) is 24.5 Å². The van der Waals surface area contributed by atoms with E-state index in [4.69, 9.17) is 5.73 Å². The van der Waals surface area contributed by atoms with Crippen LogP contribution in [0.4, 0.5) is 0 Å². The number of guanidine groups is 1. The summed E-state index contributed by atoms with van der Waals surface area (Å²) < 4.78 is 0. The summed E-state index contributed by atoms with van der Waals surface area (Å²) in [6.07, 6.45) is 1.93. The first-order valence-corrected chi connectivity index (χ1v) is 7.45. The second-order valence-corrected chi connectivity index (χ2v) is 5.56. The summed E-state index contributed by atoms with van der Waals surface area (Å²) in [4.78, 5) is 19.4. The molecule has 5 nitrogen and oxygen atoms in total. The third-order valence-corrected chi connectivity index (χ3v) is 4.12. The first-order valence-electron chi connectivity index (χ1n) is 6.57. The highest BCUT2D eigenvalue weighted by molar-refractivity contribution is 14.0. The molecule has 7 heteroatoms. The van der Waals surface area contributed by atoms with Gasteiger partial charge < -0.3 is 16.0 Å². The van der Waals surface area contributed by atoms with Crippen LogP contribution in [0.2, 0.25) is 0 Å². The highest BCUT2D eigenvalue weighted by Gasteiger charge is 2.20. The van der Waals surface area contributed by atoms with Gasteiger partial charge in [0.15, 0.2) is 5.96 Å². The maximum atomic E-state index is 12.0. The topological polar surface area (TPSA) is 70.7 Å². The molecule has 20 heavy (non-hydrogen) atoms. The highest BCUT2D eigenvalue weighted by Crippen LogP contribution is 2.23. The molecule has 0 spiro atoms. The van der Waals surface area contributed by atoms with Gasteiger partial charge >= 0.3 is 0 Å². The molecule has 1 aliphatic heterocycles. The summed E-state index contributed by atoms with van der Waals surface area (Å²) >= 11 is 1.77. The van der Waals surface area contributed by atoms with Gasteiger partial charge in [0.25, 0.3) is 0 Å². The van der Waals surface area contributed by atoms with E-state index in [1.54, 1.807) is 11.3 Å². The van der Waals surface area contributed by atoms with E-state index in [0.717, 1.165) is 25.9 Å². The van der Waals surface area contributed by atoms with Crippen LogP contribution in [0.5, 0.6) is 0 Å². The minimum Gasteiger partial charge on any atom is -0.370 e. The minimum atomic E-state index is 0. The molecule has 0 saturated heterocycles. The summed E-state index contributed by atoms with van der Waals surface area (Å²) in [5, 5.41) is 5.05. The van der Waals surface area contributed by atoms with E-state index in [0.29, 0.717) is 12.5 Å². The Hall–Kier alpha value is -0.830. The second-order valence-electron chi connectivity index (χ2n) is 4.56. The number of nitrogens with two attached hydrogens (primary N) is 1. The number of aliphatic imine (C=N–C) groups is 1. The molecular weight excluding hydrogens is 387 g/mol. The number of rotatable bonds is 4. The standard InChI is InChI=1S/C13H20N4OS.HI/c1-2-5-15-13(14)16-8-12(18)17-6-3-11-10(9-17)4-7-19-11;/h4,7H,2-3,5-6,8-9H2,1H3,(H3,14,15,16);1H. The number of halogens is 1. The van der Waals surface area contributed by atoms with Crippen LogP contribution in [-0.4, -0.2) is 36.4 Å². The monoisotopic (exact) mass is 408 g/mol. The number of hydrogen-bond donors (Lipinski definition) is 2. The van der Waals surface area contributed by atoms with E-state index in [9.17, 15) is 4.79 Å². The molecule has 0 unspecified atom stereocenters. The molecule has 2 rings (SSSR count). The first kappa shape index (κ1) is 17.2. The van der Waals surface area contributed by atoms with Crippen molar-refractivity contribution < 1.29 is 4.79 Å². The molecule has 0 aliphatic carbocycles. The lowest BCUT2D eigenvalue weighted by molar-refractivity contribution is -0.130. The van der Waals surface area contributed by atoms with Gasteiger partial charge in [-0.2, -0.15) is 0 Å². The van der Waals surface area contributed by atoms with E-state index >= 15 is 0 Å². The summed E-state index contributed by atoms with van der Waals surface area (Å²) in [6.45, 7) is 4.45. The van der Waals surface area contributed by atoms with Crippen molar-refractivity contribution in [2.45, 2.75) is 26.3 Å². The predicted octanol–water partition coefficient (Wildman–Crippen LogP) is 1.57. The van der Waals surface area contributed by atoms with E-state index in [1.165, 1.54) is 10.4 Å². The third kappa shape index (κ3) is 4.62. The zero-order chi connectivity index (χ0) is 13.7. The number of amides is 1. The Balaban J connectivity index is 0.00000200. The van der Waals surface area contributed by atoms with Gasteiger partial charge in [-0.25, -0.2) is 4.99 Å². The lowest BCUT2D eigenvalue weighted by Gasteiger charge is -2.26. The molecule has 2 heterocycles. The van der Waals surface area contributed by atoms with Crippen molar-refractivity contribution in [2.24, 2.45) is 10.7 Å². The average molecular weight is 408 g/mol. The summed E-state index contributed by atoms with van der Waals surface area (Å²) in [7, 11) is 0. The molecular formula is C13H21IN4OS. The molecule has 0 radical (unpaired) electrons. The van der Waals surface area contributed by atoms with Crippen molar-refractivity contribution >= 4 is 47.2 Å². The molecule has 0 atom stereocenters. The Kier molecular flexibility index (Phi) is 7.28. The zero-order valence-electron chi connectivity index (χ0n) is 11.6. The van der Waals surface area contributed by atoms with E-state index in [2.05, 4.69) is 28.7 Å². The third-order valence-electron chi connectivity index (χ3n) is 3.10. The Labute approximate surface area is 140 Å². The first-order chi connectivity index (χ1) is 9.20. The maximum absolute atomic E-state index is 12.0. The molecule has 1 aromatic heterocycles. The van der Waals surface area contributed by atoms with Crippen molar-refractivity contribution in [3.63, 3.8) is 0 Å². The van der Waals surface area contributed by atoms with Crippen molar-refractivity contribution in [3.05, 3.63) is 21.9 Å². The number of nitrogens with zero attached hydrogens (tertiary/aromatic N) is 2. The molecule has 0 saturated carbocycles. The summed E-state index contributed by atoms with van der Waals surface area (Å²) in [5.74, 6) is 0.390. The van der Waals surface area contributed by atoms with Crippen LogP contribution in [0.25, 0.3) is 0 Å². The van der Waals surface area contributed by atoms with Gasteiger partial charge in [-0.05, 0) is 29.9 Å². The van der Waals surface area contributed by atoms with Gasteiger partial charge in [0.1, 0.15) is 6.54 Å². The number of fused-ring (bicyclic) bond motifs is 1. The van der Waals surface area contributed by atoms with Gasteiger partial charge in [-0.1, -0.05) is 6.92 Å². The lowest BCUT2D eigenvalue weighted by Crippen LogP contribution is -2.38. The quantitative estimate of drug-likeness (QED) is 0.452. The molecule has 3 N–H and O–H groups in total. The summed E-state index contributed by atoms with van der Waals surface area (Å²) in [6, 6.07) is 2.10. The minimum absolute atomic E-state index is 0. The van der Waals surface area contributed by atoms with Crippen molar-refractivity contribution in [1.29, 1.82) is 0 Å². The van der Waals surface area contributed by atoms with Crippen LogP contribution in [0, 0.1) is 0 Å². The number of nitrogens with one attached hydrogen (secondary N) is 1.